The lowest BCUT2D eigenvalue weighted by Crippen LogP contribution is -2.46. The van der Waals surface area contributed by atoms with E-state index in [1.54, 1.807) is 6.08 Å². The molecule has 0 saturated carbocycles. The summed E-state index contributed by atoms with van der Waals surface area (Å²) in [4.78, 5) is 22.7. The van der Waals surface area contributed by atoms with Gasteiger partial charge in [-0.1, -0.05) is 159 Å². The monoisotopic (exact) mass is 769 g/mol. The van der Waals surface area contributed by atoms with Gasteiger partial charge < -0.3 is 26.2 Å². The molecule has 6 N–H and O–H groups in total. The van der Waals surface area contributed by atoms with Crippen molar-refractivity contribution in [3.05, 3.63) is 48.6 Å². The van der Waals surface area contributed by atoms with Crippen LogP contribution in [0.25, 0.3) is 0 Å². The van der Waals surface area contributed by atoms with Crippen molar-refractivity contribution in [2.45, 2.75) is 199 Å². The predicted octanol–water partition coefficient (Wildman–Crippen LogP) is 10.7. The Hall–Kier alpha value is -1.58. The zero-order valence-corrected chi connectivity index (χ0v) is 34.8. The van der Waals surface area contributed by atoms with Crippen LogP contribution in [-0.2, 0) is 18.4 Å². The van der Waals surface area contributed by atoms with Gasteiger partial charge >= 0.3 is 7.82 Å². The fraction of sp³-hybridized carbons (Fsp3) is 0.791. The van der Waals surface area contributed by atoms with Gasteiger partial charge in [0.25, 0.3) is 0 Å². The molecule has 0 aliphatic heterocycles. The number of nitrogens with two attached hydrogens (primary N) is 1. The number of aliphatic hydroxyl groups is 2. The van der Waals surface area contributed by atoms with Crippen molar-refractivity contribution in [2.75, 3.05) is 19.8 Å². The van der Waals surface area contributed by atoms with Crippen LogP contribution in [0.3, 0.4) is 0 Å². The Labute approximate surface area is 325 Å². The summed E-state index contributed by atoms with van der Waals surface area (Å²) < 4.78 is 22.0. The molecule has 0 saturated heterocycles. The molecule has 0 bridgehead atoms. The lowest BCUT2D eigenvalue weighted by molar-refractivity contribution is -0.124. The molecule has 9 nitrogen and oxygen atoms in total. The van der Waals surface area contributed by atoms with Gasteiger partial charge in [-0.2, -0.15) is 0 Å². The standard InChI is InChI=1S/C43H81N2O7P/c1-3-5-7-9-11-13-15-16-17-18-19-20-21-22-23-25-26-28-30-32-34-40(46)38-43(48)45-41(39-52-53(49,50)51-37-36-44)42(47)35-33-31-29-27-24-14-12-10-8-6-4-2/h8,10,21-22,24,27,33,35,40-42,46-47H,3-7,9,11-20,23,25-26,28-32,34,36-39,44H2,1-2H3,(H,45,48)(H,49,50)/b10-8+,22-21-,27-24+,35-33+. The van der Waals surface area contributed by atoms with E-state index in [4.69, 9.17) is 14.8 Å². The van der Waals surface area contributed by atoms with Gasteiger partial charge in [0, 0.05) is 6.54 Å². The SMILES string of the molecule is CCC/C=C/CC/C=C/CC/C=C/C(O)C(COP(=O)(O)OCCN)NC(=O)CC(O)CCCCCCC/C=C\CCCCCCCCCCCCC. The van der Waals surface area contributed by atoms with Crippen LogP contribution < -0.4 is 11.1 Å². The van der Waals surface area contributed by atoms with Gasteiger partial charge in [-0.15, -0.1) is 0 Å². The van der Waals surface area contributed by atoms with Gasteiger partial charge in [0.2, 0.25) is 5.91 Å². The number of hydrogen-bond donors (Lipinski definition) is 5. The maximum Gasteiger partial charge on any atom is 0.472 e. The number of aliphatic hydroxyl groups excluding tert-OH is 2. The molecule has 0 aliphatic rings. The molecule has 0 spiro atoms. The van der Waals surface area contributed by atoms with E-state index < -0.39 is 38.6 Å². The van der Waals surface area contributed by atoms with Crippen molar-refractivity contribution in [1.29, 1.82) is 0 Å². The van der Waals surface area contributed by atoms with E-state index in [1.807, 2.05) is 6.08 Å². The minimum Gasteiger partial charge on any atom is -0.393 e. The molecule has 0 fully saturated rings. The second-order valence-corrected chi connectivity index (χ2v) is 15.8. The highest BCUT2D eigenvalue weighted by molar-refractivity contribution is 7.47. The molecular weight excluding hydrogens is 687 g/mol. The van der Waals surface area contributed by atoms with Gasteiger partial charge in [-0.05, 0) is 64.2 Å². The summed E-state index contributed by atoms with van der Waals surface area (Å²) in [5.74, 6) is -0.468. The fourth-order valence-electron chi connectivity index (χ4n) is 5.91. The molecule has 10 heteroatoms. The summed E-state index contributed by atoms with van der Waals surface area (Å²) in [6.07, 6.45) is 43.5. The summed E-state index contributed by atoms with van der Waals surface area (Å²) in [5.41, 5.74) is 5.35. The van der Waals surface area contributed by atoms with Gasteiger partial charge in [-0.3, -0.25) is 13.8 Å². The molecule has 53 heavy (non-hydrogen) atoms. The molecule has 1 amide bonds. The van der Waals surface area contributed by atoms with Crippen molar-refractivity contribution in [1.82, 2.24) is 5.32 Å². The first-order valence-electron chi connectivity index (χ1n) is 21.3. The van der Waals surface area contributed by atoms with Gasteiger partial charge in [0.1, 0.15) is 0 Å². The van der Waals surface area contributed by atoms with E-state index in [0.29, 0.717) is 12.8 Å². The van der Waals surface area contributed by atoms with Crippen LogP contribution in [0.2, 0.25) is 0 Å². The number of carbonyl (C=O) groups excluding carboxylic acids is 1. The Kier molecular flexibility index (Phi) is 37.5. The van der Waals surface area contributed by atoms with Crippen LogP contribution in [0.5, 0.6) is 0 Å². The van der Waals surface area contributed by atoms with E-state index in [9.17, 15) is 24.5 Å². The summed E-state index contributed by atoms with van der Waals surface area (Å²) >= 11 is 0. The molecule has 0 aliphatic carbocycles. The minimum absolute atomic E-state index is 0.0399. The molecule has 0 aromatic heterocycles. The predicted molar refractivity (Wildman–Crippen MR) is 223 cm³/mol. The van der Waals surface area contributed by atoms with Crippen LogP contribution in [0, 0.1) is 0 Å². The molecule has 4 unspecified atom stereocenters. The van der Waals surface area contributed by atoms with Crippen molar-refractivity contribution in [3.8, 4) is 0 Å². The average Bonchev–Trinajstić information content (AvgIpc) is 3.13. The Morgan fingerprint density at radius 3 is 1.64 bits per heavy atom. The summed E-state index contributed by atoms with van der Waals surface area (Å²) in [6, 6.07) is -1.01. The number of amides is 1. The smallest absolute Gasteiger partial charge is 0.393 e. The first-order valence-corrected chi connectivity index (χ1v) is 22.8. The van der Waals surface area contributed by atoms with Crippen LogP contribution >= 0.6 is 7.82 Å². The third-order valence-electron chi connectivity index (χ3n) is 9.14. The number of rotatable bonds is 39. The quantitative estimate of drug-likeness (QED) is 0.0235. The lowest BCUT2D eigenvalue weighted by Gasteiger charge is -2.24. The van der Waals surface area contributed by atoms with Crippen LogP contribution in [0.15, 0.2) is 48.6 Å². The third kappa shape index (κ3) is 37.1. The van der Waals surface area contributed by atoms with Crippen LogP contribution in [0.4, 0.5) is 0 Å². The van der Waals surface area contributed by atoms with E-state index in [0.717, 1.165) is 64.2 Å². The first-order chi connectivity index (χ1) is 25.8. The van der Waals surface area contributed by atoms with E-state index in [-0.39, 0.29) is 19.6 Å². The van der Waals surface area contributed by atoms with Gasteiger partial charge in [0.15, 0.2) is 0 Å². The highest BCUT2D eigenvalue weighted by Crippen LogP contribution is 2.43. The van der Waals surface area contributed by atoms with E-state index in [1.165, 1.54) is 83.5 Å². The number of unbranched alkanes of at least 4 members (excludes halogenated alkanes) is 19. The maximum atomic E-state index is 12.8. The van der Waals surface area contributed by atoms with Gasteiger partial charge in [0.05, 0.1) is 37.9 Å². The van der Waals surface area contributed by atoms with Gasteiger partial charge in [-0.25, -0.2) is 4.57 Å². The average molecular weight is 769 g/mol. The minimum atomic E-state index is -4.41. The molecule has 0 aromatic rings. The second-order valence-electron chi connectivity index (χ2n) is 14.4. The van der Waals surface area contributed by atoms with Crippen molar-refractivity contribution >= 4 is 13.7 Å². The number of phosphoric acid groups is 1. The molecule has 310 valence electrons. The molecule has 0 aromatic carbocycles. The number of carbonyl (C=O) groups is 1. The molecule has 0 heterocycles. The van der Waals surface area contributed by atoms with Crippen molar-refractivity contribution < 1.29 is 33.5 Å². The van der Waals surface area contributed by atoms with Crippen molar-refractivity contribution in [3.63, 3.8) is 0 Å². The molecule has 0 rings (SSSR count). The number of phosphoric ester groups is 1. The zero-order chi connectivity index (χ0) is 39.1. The van der Waals surface area contributed by atoms with Crippen LogP contribution in [0.1, 0.15) is 181 Å². The highest BCUT2D eigenvalue weighted by Gasteiger charge is 2.27. The molecule has 0 radical (unpaired) electrons. The van der Waals surface area contributed by atoms with Crippen LogP contribution in [-0.4, -0.2) is 59.0 Å². The summed E-state index contributed by atoms with van der Waals surface area (Å²) in [6.45, 7) is 3.85. The van der Waals surface area contributed by atoms with Crippen molar-refractivity contribution in [2.24, 2.45) is 5.73 Å². The summed E-state index contributed by atoms with van der Waals surface area (Å²) in [7, 11) is -4.41. The Morgan fingerprint density at radius 2 is 1.11 bits per heavy atom. The number of nitrogens with one attached hydrogen (secondary N) is 1. The number of hydrogen-bond acceptors (Lipinski definition) is 7. The largest absolute Gasteiger partial charge is 0.472 e. The normalized spacial score (nSPS) is 15.2. The topological polar surface area (TPSA) is 151 Å². The lowest BCUT2D eigenvalue weighted by atomic mass is 10.0. The highest BCUT2D eigenvalue weighted by atomic mass is 31.2. The molecule has 4 atom stereocenters. The Morgan fingerprint density at radius 1 is 0.642 bits per heavy atom. The van der Waals surface area contributed by atoms with E-state index >= 15 is 0 Å². The first kappa shape index (κ1) is 51.4. The summed E-state index contributed by atoms with van der Waals surface area (Å²) in [5, 5.41) is 23.9. The zero-order valence-electron chi connectivity index (χ0n) is 33.9. The maximum absolute atomic E-state index is 12.8. The second kappa shape index (κ2) is 38.7. The van der Waals surface area contributed by atoms with E-state index in [2.05, 4.69) is 55.6 Å². The molecular formula is C43H81N2O7P. The third-order valence-corrected chi connectivity index (χ3v) is 10.1. The fourth-order valence-corrected chi connectivity index (χ4v) is 6.67. The number of allylic oxidation sites excluding steroid dienone is 7. The Bertz CT molecular complexity index is 988. The Balaban J connectivity index is 4.28.